The minimum absolute atomic E-state index is 0.109. The third-order valence-corrected chi connectivity index (χ3v) is 3.70. The molecule has 0 bridgehead atoms. The molecular weight excluding hydrogens is 340 g/mol. The number of amides is 1. The molecule has 27 heavy (non-hydrogen) atoms. The van der Waals surface area contributed by atoms with E-state index in [-0.39, 0.29) is 12.0 Å². The van der Waals surface area contributed by atoms with Gasteiger partial charge in [0.05, 0.1) is 6.10 Å². The Kier molecular flexibility index (Phi) is 6.05. The van der Waals surface area contributed by atoms with Crippen LogP contribution in [0.1, 0.15) is 29.8 Å². The Morgan fingerprint density at radius 3 is 2.48 bits per heavy atom. The molecule has 0 saturated heterocycles. The highest BCUT2D eigenvalue weighted by Crippen LogP contribution is 2.21. The zero-order valence-corrected chi connectivity index (χ0v) is 15.4. The van der Waals surface area contributed by atoms with Gasteiger partial charge in [-0.3, -0.25) is 9.78 Å². The van der Waals surface area contributed by atoms with Crippen molar-refractivity contribution in [1.82, 2.24) is 10.3 Å². The van der Waals surface area contributed by atoms with Crippen LogP contribution in [0, 0.1) is 0 Å². The second-order valence-corrected chi connectivity index (χ2v) is 6.31. The number of nitrogens with one attached hydrogen (secondary N) is 1. The third-order valence-electron chi connectivity index (χ3n) is 3.70. The third kappa shape index (κ3) is 5.57. The molecule has 0 aliphatic carbocycles. The van der Waals surface area contributed by atoms with Crippen LogP contribution in [0.15, 0.2) is 73.1 Å². The summed E-state index contributed by atoms with van der Waals surface area (Å²) in [5.74, 6) is 1.90. The lowest BCUT2D eigenvalue weighted by Gasteiger charge is -2.12. The second-order valence-electron chi connectivity index (χ2n) is 6.31. The molecular formula is C22H22N2O3. The molecule has 0 aliphatic heterocycles. The molecule has 5 heteroatoms. The summed E-state index contributed by atoms with van der Waals surface area (Å²) in [6, 6.07) is 18.3. The highest BCUT2D eigenvalue weighted by molar-refractivity contribution is 5.94. The van der Waals surface area contributed by atoms with Crippen LogP contribution >= 0.6 is 0 Å². The van der Waals surface area contributed by atoms with E-state index in [9.17, 15) is 4.79 Å². The van der Waals surface area contributed by atoms with Gasteiger partial charge in [0.2, 0.25) is 0 Å². The zero-order valence-electron chi connectivity index (χ0n) is 15.4. The van der Waals surface area contributed by atoms with E-state index in [2.05, 4.69) is 10.3 Å². The summed E-state index contributed by atoms with van der Waals surface area (Å²) >= 11 is 0. The number of aromatic nitrogens is 1. The smallest absolute Gasteiger partial charge is 0.251 e. The van der Waals surface area contributed by atoms with Crippen LogP contribution in [0.25, 0.3) is 0 Å². The maximum absolute atomic E-state index is 12.5. The van der Waals surface area contributed by atoms with Gasteiger partial charge >= 0.3 is 0 Å². The van der Waals surface area contributed by atoms with Crippen molar-refractivity contribution in [3.63, 3.8) is 0 Å². The Balaban J connectivity index is 1.62. The Morgan fingerprint density at radius 2 is 1.70 bits per heavy atom. The van der Waals surface area contributed by atoms with E-state index >= 15 is 0 Å². The van der Waals surface area contributed by atoms with Crippen molar-refractivity contribution in [3.8, 4) is 17.2 Å². The lowest BCUT2D eigenvalue weighted by Crippen LogP contribution is -2.22. The van der Waals surface area contributed by atoms with E-state index in [4.69, 9.17) is 9.47 Å². The summed E-state index contributed by atoms with van der Waals surface area (Å²) in [7, 11) is 0. The van der Waals surface area contributed by atoms with Gasteiger partial charge in [0, 0.05) is 24.5 Å². The van der Waals surface area contributed by atoms with Gasteiger partial charge in [-0.1, -0.05) is 18.2 Å². The summed E-state index contributed by atoms with van der Waals surface area (Å²) in [5, 5.41) is 2.93. The molecule has 138 valence electrons. The Morgan fingerprint density at radius 1 is 0.963 bits per heavy atom. The highest BCUT2D eigenvalue weighted by atomic mass is 16.5. The molecule has 3 rings (SSSR count). The number of nitrogens with zero attached hydrogens (tertiary/aromatic N) is 1. The SMILES string of the molecule is CC(C)Oc1cccc(CNC(=O)c2cccc(Oc3ccncc3)c2)c1. The van der Waals surface area contributed by atoms with Gasteiger partial charge in [0.25, 0.3) is 5.91 Å². The summed E-state index contributed by atoms with van der Waals surface area (Å²) in [4.78, 5) is 16.4. The monoisotopic (exact) mass is 362 g/mol. The molecule has 3 aromatic rings. The molecule has 1 aromatic heterocycles. The molecule has 1 heterocycles. The zero-order chi connectivity index (χ0) is 19.1. The molecule has 0 atom stereocenters. The molecule has 2 aromatic carbocycles. The maximum Gasteiger partial charge on any atom is 0.251 e. The van der Waals surface area contributed by atoms with E-state index in [1.165, 1.54) is 0 Å². The minimum Gasteiger partial charge on any atom is -0.491 e. The summed E-state index contributed by atoms with van der Waals surface area (Å²) in [5.41, 5.74) is 1.52. The van der Waals surface area contributed by atoms with Gasteiger partial charge in [0.15, 0.2) is 0 Å². The maximum atomic E-state index is 12.5. The van der Waals surface area contributed by atoms with Crippen molar-refractivity contribution in [1.29, 1.82) is 0 Å². The number of carbonyl (C=O) groups excluding carboxylic acids is 1. The molecule has 0 radical (unpaired) electrons. The number of rotatable bonds is 7. The number of benzene rings is 2. The minimum atomic E-state index is -0.162. The van der Waals surface area contributed by atoms with Crippen LogP contribution < -0.4 is 14.8 Å². The fourth-order valence-electron chi connectivity index (χ4n) is 2.53. The number of pyridine rings is 1. The predicted molar refractivity (Wildman–Crippen MR) is 104 cm³/mol. The molecule has 5 nitrogen and oxygen atoms in total. The highest BCUT2D eigenvalue weighted by Gasteiger charge is 2.08. The van der Waals surface area contributed by atoms with E-state index < -0.39 is 0 Å². The number of hydrogen-bond acceptors (Lipinski definition) is 4. The molecule has 0 aliphatic rings. The van der Waals surface area contributed by atoms with Crippen molar-refractivity contribution in [2.45, 2.75) is 26.5 Å². The fraction of sp³-hybridized carbons (Fsp3) is 0.182. The van der Waals surface area contributed by atoms with Gasteiger partial charge in [-0.2, -0.15) is 0 Å². The normalized spacial score (nSPS) is 10.5. The van der Waals surface area contributed by atoms with Gasteiger partial charge in [0.1, 0.15) is 17.2 Å². The van der Waals surface area contributed by atoms with Gasteiger partial charge < -0.3 is 14.8 Å². The van der Waals surface area contributed by atoms with Crippen molar-refractivity contribution < 1.29 is 14.3 Å². The number of ether oxygens (including phenoxy) is 2. The van der Waals surface area contributed by atoms with Crippen molar-refractivity contribution in [2.24, 2.45) is 0 Å². The Labute approximate surface area is 159 Å². The first-order chi connectivity index (χ1) is 13.1. The molecule has 1 N–H and O–H groups in total. The average molecular weight is 362 g/mol. The van der Waals surface area contributed by atoms with E-state index in [1.807, 2.05) is 44.2 Å². The molecule has 0 spiro atoms. The van der Waals surface area contributed by atoms with Gasteiger partial charge in [-0.15, -0.1) is 0 Å². The first-order valence-corrected chi connectivity index (χ1v) is 8.82. The van der Waals surface area contributed by atoms with Crippen molar-refractivity contribution in [2.75, 3.05) is 0 Å². The molecule has 0 unspecified atom stereocenters. The molecule has 1 amide bonds. The van der Waals surface area contributed by atoms with Crippen molar-refractivity contribution in [3.05, 3.63) is 84.2 Å². The number of hydrogen-bond donors (Lipinski definition) is 1. The Hall–Kier alpha value is -3.34. The van der Waals surface area contributed by atoms with Gasteiger partial charge in [-0.05, 0) is 61.9 Å². The van der Waals surface area contributed by atoms with Crippen LogP contribution in [0.2, 0.25) is 0 Å². The first-order valence-electron chi connectivity index (χ1n) is 8.82. The van der Waals surface area contributed by atoms with Crippen LogP contribution in [0.3, 0.4) is 0 Å². The lowest BCUT2D eigenvalue weighted by atomic mass is 10.1. The van der Waals surface area contributed by atoms with Crippen LogP contribution in [-0.2, 0) is 6.54 Å². The van der Waals surface area contributed by atoms with Crippen molar-refractivity contribution >= 4 is 5.91 Å². The largest absolute Gasteiger partial charge is 0.491 e. The first kappa shape index (κ1) is 18.5. The average Bonchev–Trinajstić information content (AvgIpc) is 2.67. The fourth-order valence-corrected chi connectivity index (χ4v) is 2.53. The summed E-state index contributed by atoms with van der Waals surface area (Å²) in [6.45, 7) is 4.38. The van der Waals surface area contributed by atoms with Crippen LogP contribution in [-0.4, -0.2) is 17.0 Å². The van der Waals surface area contributed by atoms with E-state index in [1.54, 1.807) is 42.7 Å². The quantitative estimate of drug-likeness (QED) is 0.668. The summed E-state index contributed by atoms with van der Waals surface area (Å²) < 4.78 is 11.4. The number of carbonyl (C=O) groups is 1. The van der Waals surface area contributed by atoms with E-state index in [0.29, 0.717) is 23.6 Å². The van der Waals surface area contributed by atoms with Crippen LogP contribution in [0.4, 0.5) is 0 Å². The molecule has 0 fully saturated rings. The van der Waals surface area contributed by atoms with E-state index in [0.717, 1.165) is 11.3 Å². The summed E-state index contributed by atoms with van der Waals surface area (Å²) in [6.07, 6.45) is 3.42. The standard InChI is InChI=1S/C22H22N2O3/c1-16(2)26-20-7-3-5-17(13-20)15-24-22(25)18-6-4-8-21(14-18)27-19-9-11-23-12-10-19/h3-14,16H,15H2,1-2H3,(H,24,25). The molecule has 0 saturated carbocycles. The Bertz CT molecular complexity index is 895. The lowest BCUT2D eigenvalue weighted by molar-refractivity contribution is 0.0950. The topological polar surface area (TPSA) is 60.5 Å². The van der Waals surface area contributed by atoms with Gasteiger partial charge in [-0.25, -0.2) is 0 Å². The van der Waals surface area contributed by atoms with Crippen LogP contribution in [0.5, 0.6) is 17.2 Å². The predicted octanol–water partition coefficient (Wildman–Crippen LogP) is 4.59. The second kappa shape index (κ2) is 8.85.